The number of allylic oxidation sites excluding steroid dienone is 1. The van der Waals surface area contributed by atoms with Crippen molar-refractivity contribution in [1.29, 1.82) is 0 Å². The molecule has 2 aliphatic rings. The molecule has 0 bridgehead atoms. The number of nitrogens with one attached hydrogen (secondary N) is 3. The molecule has 0 aromatic carbocycles. The number of amides is 1. The van der Waals surface area contributed by atoms with Gasteiger partial charge in [-0.05, 0) is 31.3 Å². The van der Waals surface area contributed by atoms with Crippen LogP contribution in [0.15, 0.2) is 36.7 Å². The fourth-order valence-electron chi connectivity index (χ4n) is 3.92. The highest BCUT2D eigenvalue weighted by molar-refractivity contribution is 6.00. The Kier molecular flexibility index (Phi) is 5.59. The molecule has 3 N–H and O–H groups in total. The molecule has 0 spiro atoms. The molecule has 1 saturated carbocycles. The second-order valence-electron chi connectivity index (χ2n) is 8.08. The average Bonchev–Trinajstić information content (AvgIpc) is 3.40. The molecule has 0 radical (unpaired) electrons. The van der Waals surface area contributed by atoms with Gasteiger partial charge >= 0.3 is 0 Å². The van der Waals surface area contributed by atoms with Crippen molar-refractivity contribution in [1.82, 2.24) is 35.0 Å². The molecule has 1 saturated heterocycles. The van der Waals surface area contributed by atoms with Gasteiger partial charge in [0.25, 0.3) is 5.91 Å². The molecule has 170 valence electrons. The molecule has 2 fully saturated rings. The van der Waals surface area contributed by atoms with Crippen molar-refractivity contribution in [2.75, 3.05) is 35.7 Å². The van der Waals surface area contributed by atoms with Gasteiger partial charge in [0, 0.05) is 27.2 Å². The predicted molar refractivity (Wildman–Crippen MR) is 125 cm³/mol. The quantitative estimate of drug-likeness (QED) is 0.501. The first kappa shape index (κ1) is 20.9. The van der Waals surface area contributed by atoms with Crippen molar-refractivity contribution in [3.05, 3.63) is 48.1 Å². The van der Waals surface area contributed by atoms with E-state index in [1.807, 2.05) is 0 Å². The third-order valence-corrected chi connectivity index (χ3v) is 5.74. The van der Waals surface area contributed by atoms with Gasteiger partial charge in [-0.3, -0.25) is 9.48 Å². The van der Waals surface area contributed by atoms with Gasteiger partial charge in [-0.15, -0.1) is 0 Å². The Morgan fingerprint density at radius 2 is 1.82 bits per heavy atom. The normalized spacial score (nSPS) is 14.8. The van der Waals surface area contributed by atoms with E-state index >= 15 is 0 Å². The van der Waals surface area contributed by atoms with Gasteiger partial charge in [-0.2, -0.15) is 5.10 Å². The van der Waals surface area contributed by atoms with Crippen molar-refractivity contribution in [2.45, 2.75) is 25.7 Å². The molecule has 1 aliphatic heterocycles. The van der Waals surface area contributed by atoms with Gasteiger partial charge in [0.1, 0.15) is 23.5 Å². The largest absolute Gasteiger partial charge is 0.355 e. The second-order valence-corrected chi connectivity index (χ2v) is 8.08. The zero-order chi connectivity index (χ0) is 22.8. The summed E-state index contributed by atoms with van der Waals surface area (Å²) in [6.45, 7) is 1.94. The summed E-state index contributed by atoms with van der Waals surface area (Å²) in [6.07, 6.45) is 12.5. The van der Waals surface area contributed by atoms with E-state index in [0.717, 1.165) is 56.0 Å². The van der Waals surface area contributed by atoms with Crippen LogP contribution in [-0.2, 0) is 7.05 Å². The first-order valence-corrected chi connectivity index (χ1v) is 11.0. The van der Waals surface area contributed by atoms with E-state index < -0.39 is 0 Å². The molecule has 0 unspecified atom stereocenters. The van der Waals surface area contributed by atoms with E-state index in [1.54, 1.807) is 43.6 Å². The topological polar surface area (TPSA) is 126 Å². The zero-order valence-electron chi connectivity index (χ0n) is 18.7. The average molecular weight is 447 g/mol. The monoisotopic (exact) mass is 446 g/mol. The summed E-state index contributed by atoms with van der Waals surface area (Å²) in [5.41, 5.74) is 4.56. The summed E-state index contributed by atoms with van der Waals surface area (Å²) < 4.78 is 1.56. The molecule has 4 heterocycles. The van der Waals surface area contributed by atoms with Crippen molar-refractivity contribution in [2.24, 2.45) is 7.05 Å². The van der Waals surface area contributed by atoms with E-state index in [1.165, 1.54) is 11.9 Å². The standard InChI is InChI=1S/C22H26N10O/c1-23-22(33)20-16(11-27-31(20)2)29-18(14-5-6-14)19-21(28-15-9-24-13-25-10-15)26-12-17(30-19)32-7-3-4-8-32/h9-13,29H,3-8H2,1-2H3,(H,23,33)(H,26,28). The van der Waals surface area contributed by atoms with Crippen LogP contribution in [0, 0.1) is 0 Å². The van der Waals surface area contributed by atoms with Crippen molar-refractivity contribution >= 4 is 34.6 Å². The van der Waals surface area contributed by atoms with Crippen LogP contribution in [0.5, 0.6) is 0 Å². The molecule has 0 atom stereocenters. The number of anilines is 4. The number of hydrogen-bond acceptors (Lipinski definition) is 9. The van der Waals surface area contributed by atoms with Crippen LogP contribution in [0.2, 0.25) is 0 Å². The van der Waals surface area contributed by atoms with Crippen LogP contribution in [0.3, 0.4) is 0 Å². The SMILES string of the molecule is CNC(=O)c1c(NC(=C2CC2)c2nc(N3CCCC3)cnc2Nc2cncnc2)cnn1C. The van der Waals surface area contributed by atoms with E-state index in [-0.39, 0.29) is 5.91 Å². The van der Waals surface area contributed by atoms with Crippen LogP contribution in [0.25, 0.3) is 5.70 Å². The van der Waals surface area contributed by atoms with Gasteiger partial charge in [0.15, 0.2) is 5.82 Å². The number of hydrogen-bond donors (Lipinski definition) is 3. The van der Waals surface area contributed by atoms with Crippen molar-refractivity contribution in [3.63, 3.8) is 0 Å². The smallest absolute Gasteiger partial charge is 0.271 e. The van der Waals surface area contributed by atoms with Crippen LogP contribution >= 0.6 is 0 Å². The van der Waals surface area contributed by atoms with E-state index in [2.05, 4.69) is 35.9 Å². The maximum absolute atomic E-state index is 12.5. The van der Waals surface area contributed by atoms with Crippen LogP contribution in [0.1, 0.15) is 41.9 Å². The number of nitrogens with zero attached hydrogens (tertiary/aromatic N) is 7. The molecule has 1 amide bonds. The van der Waals surface area contributed by atoms with Crippen molar-refractivity contribution in [3.8, 4) is 0 Å². The Labute approximate surface area is 191 Å². The number of carbonyl (C=O) groups is 1. The Balaban J connectivity index is 1.57. The number of rotatable bonds is 7. The maximum atomic E-state index is 12.5. The van der Waals surface area contributed by atoms with Gasteiger partial charge < -0.3 is 20.9 Å². The predicted octanol–water partition coefficient (Wildman–Crippen LogP) is 2.32. The number of aryl methyl sites for hydroxylation is 1. The molecule has 3 aromatic heterocycles. The Bertz CT molecular complexity index is 1190. The van der Waals surface area contributed by atoms with Crippen LogP contribution < -0.4 is 20.9 Å². The molecular formula is C22H26N10O. The fraction of sp³-hybridized carbons (Fsp3) is 0.364. The summed E-state index contributed by atoms with van der Waals surface area (Å²) in [4.78, 5) is 32.6. The van der Waals surface area contributed by atoms with Crippen molar-refractivity contribution < 1.29 is 4.79 Å². The Morgan fingerprint density at radius 1 is 1.06 bits per heavy atom. The second kappa shape index (κ2) is 8.85. The van der Waals surface area contributed by atoms with Gasteiger partial charge in [-0.25, -0.2) is 19.9 Å². The lowest BCUT2D eigenvalue weighted by atomic mass is 10.2. The summed E-state index contributed by atoms with van der Waals surface area (Å²) in [6, 6.07) is 0. The van der Waals surface area contributed by atoms with Gasteiger partial charge in [0.2, 0.25) is 0 Å². The highest BCUT2D eigenvalue weighted by atomic mass is 16.1. The van der Waals surface area contributed by atoms with Crippen LogP contribution in [0.4, 0.5) is 23.0 Å². The number of carbonyl (C=O) groups excluding carboxylic acids is 1. The molecule has 5 rings (SSSR count). The van der Waals surface area contributed by atoms with E-state index in [0.29, 0.717) is 22.9 Å². The van der Waals surface area contributed by atoms with E-state index in [4.69, 9.17) is 9.97 Å². The van der Waals surface area contributed by atoms with Gasteiger partial charge in [0.05, 0.1) is 41.9 Å². The highest BCUT2D eigenvalue weighted by Gasteiger charge is 2.27. The lowest BCUT2D eigenvalue weighted by molar-refractivity contribution is 0.0954. The molecule has 11 nitrogen and oxygen atoms in total. The molecule has 33 heavy (non-hydrogen) atoms. The van der Waals surface area contributed by atoms with E-state index in [9.17, 15) is 4.79 Å². The minimum absolute atomic E-state index is 0.214. The fourth-order valence-corrected chi connectivity index (χ4v) is 3.92. The number of aromatic nitrogens is 6. The molecular weight excluding hydrogens is 420 g/mol. The Morgan fingerprint density at radius 3 is 2.52 bits per heavy atom. The minimum atomic E-state index is -0.214. The Hall–Kier alpha value is -4.02. The third kappa shape index (κ3) is 4.34. The lowest BCUT2D eigenvalue weighted by Gasteiger charge is -2.20. The lowest BCUT2D eigenvalue weighted by Crippen LogP contribution is -2.23. The first-order chi connectivity index (χ1) is 16.1. The maximum Gasteiger partial charge on any atom is 0.271 e. The molecule has 3 aromatic rings. The molecule has 11 heteroatoms. The first-order valence-electron chi connectivity index (χ1n) is 11.0. The summed E-state index contributed by atoms with van der Waals surface area (Å²) in [5.74, 6) is 1.23. The summed E-state index contributed by atoms with van der Waals surface area (Å²) in [5, 5.41) is 13.7. The van der Waals surface area contributed by atoms with Gasteiger partial charge in [-0.1, -0.05) is 0 Å². The summed E-state index contributed by atoms with van der Waals surface area (Å²) >= 11 is 0. The summed E-state index contributed by atoms with van der Waals surface area (Å²) in [7, 11) is 3.35. The third-order valence-electron chi connectivity index (χ3n) is 5.74. The van der Waals surface area contributed by atoms with Crippen LogP contribution in [-0.4, -0.2) is 55.8 Å². The zero-order valence-corrected chi connectivity index (χ0v) is 18.7. The minimum Gasteiger partial charge on any atom is -0.355 e. The molecule has 1 aliphatic carbocycles. The highest BCUT2D eigenvalue weighted by Crippen LogP contribution is 2.39.